The minimum Gasteiger partial charge on any atom is -0.497 e. The number of nitriles is 2. The number of hydrogen-bond acceptors (Lipinski definition) is 5. The van der Waals surface area contributed by atoms with Crippen molar-refractivity contribution in [3.63, 3.8) is 0 Å². The van der Waals surface area contributed by atoms with Gasteiger partial charge in [-0.3, -0.25) is 5.43 Å². The zero-order valence-corrected chi connectivity index (χ0v) is 9.27. The molecular weight excluding hydrogens is 216 g/mol. The SMILES string of the molecule is C=Cc1cc(OC)ccc1NN=C(C#N)C#N. The maximum Gasteiger partial charge on any atom is 0.237 e. The number of hydrogen-bond donors (Lipinski definition) is 1. The summed E-state index contributed by atoms with van der Waals surface area (Å²) in [6, 6.07) is 8.55. The molecule has 0 aliphatic rings. The van der Waals surface area contributed by atoms with Crippen molar-refractivity contribution in [3.05, 3.63) is 30.3 Å². The molecule has 17 heavy (non-hydrogen) atoms. The summed E-state index contributed by atoms with van der Waals surface area (Å²) in [5.41, 5.74) is 3.80. The van der Waals surface area contributed by atoms with E-state index in [1.807, 2.05) is 0 Å². The summed E-state index contributed by atoms with van der Waals surface area (Å²) >= 11 is 0. The number of anilines is 1. The molecule has 0 spiro atoms. The smallest absolute Gasteiger partial charge is 0.237 e. The van der Waals surface area contributed by atoms with E-state index in [1.54, 1.807) is 43.5 Å². The van der Waals surface area contributed by atoms with Crippen molar-refractivity contribution in [2.45, 2.75) is 0 Å². The van der Waals surface area contributed by atoms with Gasteiger partial charge >= 0.3 is 0 Å². The van der Waals surface area contributed by atoms with E-state index in [0.29, 0.717) is 11.4 Å². The highest BCUT2D eigenvalue weighted by Gasteiger charge is 2.01. The minimum atomic E-state index is -0.240. The first kappa shape index (κ1) is 12.3. The predicted octanol–water partition coefficient (Wildman–Crippen LogP) is 2.15. The van der Waals surface area contributed by atoms with Gasteiger partial charge in [-0.25, -0.2) is 0 Å². The standard InChI is InChI=1S/C12H10N4O/c1-3-9-6-11(17-2)4-5-12(9)16-15-10(7-13)8-14/h3-6,16H,1H2,2H3. The molecule has 0 radical (unpaired) electrons. The monoisotopic (exact) mass is 226 g/mol. The Morgan fingerprint density at radius 1 is 1.47 bits per heavy atom. The van der Waals surface area contributed by atoms with Crippen LogP contribution in [0.3, 0.4) is 0 Å². The molecule has 1 rings (SSSR count). The Morgan fingerprint density at radius 2 is 2.18 bits per heavy atom. The maximum absolute atomic E-state index is 8.53. The van der Waals surface area contributed by atoms with Crippen molar-refractivity contribution < 1.29 is 4.74 Å². The summed E-state index contributed by atoms with van der Waals surface area (Å²) in [5, 5.41) is 20.7. The molecule has 5 nitrogen and oxygen atoms in total. The molecule has 0 saturated carbocycles. The quantitative estimate of drug-likeness (QED) is 0.630. The van der Waals surface area contributed by atoms with E-state index in [4.69, 9.17) is 15.3 Å². The molecule has 0 bridgehead atoms. The lowest BCUT2D eigenvalue weighted by atomic mass is 10.1. The van der Waals surface area contributed by atoms with E-state index in [2.05, 4.69) is 17.1 Å². The van der Waals surface area contributed by atoms with Crippen LogP contribution >= 0.6 is 0 Å². The molecule has 0 aliphatic carbocycles. The zero-order valence-electron chi connectivity index (χ0n) is 9.27. The van der Waals surface area contributed by atoms with Crippen LogP contribution in [0.1, 0.15) is 5.56 Å². The highest BCUT2D eigenvalue weighted by atomic mass is 16.5. The highest BCUT2D eigenvalue weighted by molar-refractivity contribution is 6.10. The Morgan fingerprint density at radius 3 is 2.71 bits per heavy atom. The molecule has 0 unspecified atom stereocenters. The van der Waals surface area contributed by atoms with Gasteiger partial charge in [-0.1, -0.05) is 12.7 Å². The average molecular weight is 226 g/mol. The fourth-order valence-corrected chi connectivity index (χ4v) is 1.13. The van der Waals surface area contributed by atoms with Gasteiger partial charge in [-0.2, -0.15) is 15.6 Å². The number of hydrazone groups is 1. The third-order valence-electron chi connectivity index (χ3n) is 1.98. The zero-order chi connectivity index (χ0) is 12.7. The maximum atomic E-state index is 8.53. The van der Waals surface area contributed by atoms with E-state index >= 15 is 0 Å². The van der Waals surface area contributed by atoms with E-state index in [0.717, 1.165) is 5.56 Å². The first-order valence-electron chi connectivity index (χ1n) is 4.69. The summed E-state index contributed by atoms with van der Waals surface area (Å²) in [6.45, 7) is 3.66. The van der Waals surface area contributed by atoms with Crippen molar-refractivity contribution in [1.82, 2.24) is 0 Å². The molecule has 0 heterocycles. The van der Waals surface area contributed by atoms with Gasteiger partial charge in [-0.05, 0) is 18.2 Å². The van der Waals surface area contributed by atoms with E-state index in [-0.39, 0.29) is 5.71 Å². The van der Waals surface area contributed by atoms with Gasteiger partial charge in [0.15, 0.2) is 0 Å². The molecule has 0 atom stereocenters. The Balaban J connectivity index is 3.01. The third kappa shape index (κ3) is 3.08. The largest absolute Gasteiger partial charge is 0.497 e. The molecular formula is C12H10N4O. The number of nitrogens with one attached hydrogen (secondary N) is 1. The fraction of sp³-hybridized carbons (Fsp3) is 0.0833. The Bertz CT molecular complexity index is 518. The summed E-state index contributed by atoms with van der Waals surface area (Å²) in [7, 11) is 1.57. The minimum absolute atomic E-state index is 0.240. The average Bonchev–Trinajstić information content (AvgIpc) is 2.39. The Hall–Kier alpha value is -2.79. The van der Waals surface area contributed by atoms with Gasteiger partial charge in [0.25, 0.3) is 0 Å². The first-order valence-corrected chi connectivity index (χ1v) is 4.69. The van der Waals surface area contributed by atoms with Gasteiger partial charge in [0.2, 0.25) is 5.71 Å². The lowest BCUT2D eigenvalue weighted by molar-refractivity contribution is 0.415. The molecule has 5 heteroatoms. The molecule has 1 N–H and O–H groups in total. The number of methoxy groups -OCH3 is 1. The van der Waals surface area contributed by atoms with Crippen LogP contribution in [0.15, 0.2) is 29.9 Å². The van der Waals surface area contributed by atoms with Crippen LogP contribution in [0.25, 0.3) is 6.08 Å². The summed E-state index contributed by atoms with van der Waals surface area (Å²) in [5.74, 6) is 0.690. The van der Waals surface area contributed by atoms with Crippen LogP contribution in [0.4, 0.5) is 5.69 Å². The van der Waals surface area contributed by atoms with Gasteiger partial charge in [0, 0.05) is 5.56 Å². The van der Waals surface area contributed by atoms with Crippen LogP contribution in [0.2, 0.25) is 0 Å². The summed E-state index contributed by atoms with van der Waals surface area (Å²) in [6.07, 6.45) is 1.62. The van der Waals surface area contributed by atoms with Gasteiger partial charge in [0.05, 0.1) is 12.8 Å². The summed E-state index contributed by atoms with van der Waals surface area (Å²) < 4.78 is 5.06. The van der Waals surface area contributed by atoms with E-state index < -0.39 is 0 Å². The Kier molecular flexibility index (Phi) is 4.29. The fourth-order valence-electron chi connectivity index (χ4n) is 1.13. The van der Waals surface area contributed by atoms with Crippen LogP contribution < -0.4 is 10.2 Å². The van der Waals surface area contributed by atoms with Crippen molar-refractivity contribution in [2.75, 3.05) is 12.5 Å². The van der Waals surface area contributed by atoms with Gasteiger partial charge in [-0.15, -0.1) is 0 Å². The molecule has 0 amide bonds. The van der Waals surface area contributed by atoms with E-state index in [9.17, 15) is 0 Å². The molecule has 84 valence electrons. The van der Waals surface area contributed by atoms with Crippen molar-refractivity contribution in [3.8, 4) is 17.9 Å². The van der Waals surface area contributed by atoms with Crippen molar-refractivity contribution in [2.24, 2.45) is 5.10 Å². The third-order valence-corrected chi connectivity index (χ3v) is 1.98. The molecule has 0 aliphatic heterocycles. The topological polar surface area (TPSA) is 81.2 Å². The second kappa shape index (κ2) is 5.94. The highest BCUT2D eigenvalue weighted by Crippen LogP contribution is 2.22. The van der Waals surface area contributed by atoms with Crippen LogP contribution in [-0.4, -0.2) is 12.8 Å². The normalized spacial score (nSPS) is 8.41. The molecule has 1 aromatic rings. The Labute approximate surface area is 99.2 Å². The number of nitrogens with zero attached hydrogens (tertiary/aromatic N) is 3. The second-order valence-electron chi connectivity index (χ2n) is 2.95. The molecule has 0 aromatic heterocycles. The van der Waals surface area contributed by atoms with E-state index in [1.165, 1.54) is 0 Å². The van der Waals surface area contributed by atoms with Crippen LogP contribution in [0, 0.1) is 22.7 Å². The second-order valence-corrected chi connectivity index (χ2v) is 2.95. The lowest BCUT2D eigenvalue weighted by Gasteiger charge is -2.07. The van der Waals surface area contributed by atoms with Crippen LogP contribution in [-0.2, 0) is 0 Å². The number of benzene rings is 1. The first-order chi connectivity index (χ1) is 8.24. The molecule has 0 saturated heterocycles. The molecule has 0 fully saturated rings. The van der Waals surface area contributed by atoms with Crippen LogP contribution in [0.5, 0.6) is 5.75 Å². The summed E-state index contributed by atoms with van der Waals surface area (Å²) in [4.78, 5) is 0. The number of ether oxygens (including phenoxy) is 1. The van der Waals surface area contributed by atoms with Gasteiger partial charge < -0.3 is 4.74 Å². The molecule has 1 aromatic carbocycles. The lowest BCUT2D eigenvalue weighted by Crippen LogP contribution is -1.98. The number of rotatable bonds is 4. The predicted molar refractivity (Wildman–Crippen MR) is 65.4 cm³/mol. The van der Waals surface area contributed by atoms with Gasteiger partial charge in [0.1, 0.15) is 17.9 Å². The van der Waals surface area contributed by atoms with Crippen molar-refractivity contribution >= 4 is 17.5 Å². The van der Waals surface area contributed by atoms with Crippen molar-refractivity contribution in [1.29, 1.82) is 10.5 Å².